The third-order valence-corrected chi connectivity index (χ3v) is 6.22. The molecule has 1 aliphatic rings. The Balaban J connectivity index is 1.56. The van der Waals surface area contributed by atoms with E-state index >= 15 is 0 Å². The number of likely N-dealkylation sites (tertiary alicyclic amines) is 1. The van der Waals surface area contributed by atoms with Crippen molar-refractivity contribution >= 4 is 34.4 Å². The largest absolute Gasteiger partial charge is 0.481 e. The Hall–Kier alpha value is -3.32. The van der Waals surface area contributed by atoms with Crippen LogP contribution < -0.4 is 15.7 Å². The van der Waals surface area contributed by atoms with Crippen LogP contribution in [0.3, 0.4) is 0 Å². The van der Waals surface area contributed by atoms with Crippen molar-refractivity contribution in [3.8, 4) is 16.9 Å². The lowest BCUT2D eigenvalue weighted by Gasteiger charge is -2.33. The molecule has 0 spiro atoms. The van der Waals surface area contributed by atoms with E-state index in [4.69, 9.17) is 20.8 Å². The number of hydrogen-bond donors (Lipinski definition) is 1. The summed E-state index contributed by atoms with van der Waals surface area (Å²) >= 11 is 6.33. The first-order chi connectivity index (χ1) is 15.9. The number of benzene rings is 2. The average molecular weight is 469 g/mol. The molecule has 1 saturated heterocycles. The molecule has 2 unspecified atom stereocenters. The maximum atomic E-state index is 12.9. The number of ether oxygens (including phenoxy) is 1. The monoisotopic (exact) mass is 468 g/mol. The summed E-state index contributed by atoms with van der Waals surface area (Å²) in [6.07, 6.45) is 0.767. The lowest BCUT2D eigenvalue weighted by molar-refractivity contribution is -0.141. The Morgan fingerprint density at radius 1 is 1.18 bits per heavy atom. The number of carbonyl (C=O) groups is 2. The third-order valence-electron chi connectivity index (χ3n) is 5.89. The van der Waals surface area contributed by atoms with E-state index in [2.05, 4.69) is 5.32 Å². The van der Waals surface area contributed by atoms with Crippen molar-refractivity contribution in [1.82, 2.24) is 10.2 Å². The van der Waals surface area contributed by atoms with Gasteiger partial charge >= 0.3 is 5.63 Å². The van der Waals surface area contributed by atoms with Crippen molar-refractivity contribution in [1.29, 1.82) is 0 Å². The van der Waals surface area contributed by atoms with Gasteiger partial charge in [0.1, 0.15) is 11.3 Å². The molecule has 33 heavy (non-hydrogen) atoms. The highest BCUT2D eigenvalue weighted by Crippen LogP contribution is 2.34. The first-order valence-corrected chi connectivity index (χ1v) is 11.2. The molecule has 8 heteroatoms. The highest BCUT2D eigenvalue weighted by molar-refractivity contribution is 6.33. The molecular formula is C25H25ClN2O5. The number of amides is 2. The quantitative estimate of drug-likeness (QED) is 0.574. The van der Waals surface area contributed by atoms with E-state index in [0.29, 0.717) is 40.4 Å². The molecule has 0 radical (unpaired) electrons. The number of hydrogen-bond acceptors (Lipinski definition) is 5. The van der Waals surface area contributed by atoms with Crippen LogP contribution in [0.25, 0.3) is 22.1 Å². The molecule has 1 fully saturated rings. The topological polar surface area (TPSA) is 88.9 Å². The van der Waals surface area contributed by atoms with Crippen LogP contribution in [0.2, 0.25) is 5.02 Å². The summed E-state index contributed by atoms with van der Waals surface area (Å²) < 4.78 is 11.3. The average Bonchev–Trinajstić information content (AvgIpc) is 2.82. The Bertz CT molecular complexity index is 1260. The van der Waals surface area contributed by atoms with Gasteiger partial charge in [-0.3, -0.25) is 9.59 Å². The number of nitrogens with one attached hydrogen (secondary N) is 1. The van der Waals surface area contributed by atoms with Gasteiger partial charge in [0, 0.05) is 53.8 Å². The zero-order valence-corrected chi connectivity index (χ0v) is 19.2. The number of carbonyl (C=O) groups excluding carboxylic acids is 2. The first-order valence-electron chi connectivity index (χ1n) is 10.9. The lowest BCUT2D eigenvalue weighted by atomic mass is 9.97. The minimum Gasteiger partial charge on any atom is -0.481 e. The van der Waals surface area contributed by atoms with Gasteiger partial charge in [-0.15, -0.1) is 0 Å². The maximum Gasteiger partial charge on any atom is 0.336 e. The van der Waals surface area contributed by atoms with E-state index in [0.717, 1.165) is 18.4 Å². The van der Waals surface area contributed by atoms with E-state index in [-0.39, 0.29) is 17.7 Å². The molecule has 4 rings (SSSR count). The van der Waals surface area contributed by atoms with Crippen LogP contribution in [0.4, 0.5) is 0 Å². The second kappa shape index (κ2) is 9.67. The molecule has 2 aromatic carbocycles. The predicted molar refractivity (Wildman–Crippen MR) is 126 cm³/mol. The summed E-state index contributed by atoms with van der Waals surface area (Å²) in [5.74, 6) is -0.0457. The molecule has 2 heterocycles. The fourth-order valence-corrected chi connectivity index (χ4v) is 4.46. The molecule has 172 valence electrons. The molecule has 1 aliphatic heterocycles. The fraction of sp³-hybridized carbons (Fsp3) is 0.320. The van der Waals surface area contributed by atoms with Gasteiger partial charge in [0.2, 0.25) is 5.91 Å². The van der Waals surface area contributed by atoms with Crippen molar-refractivity contribution < 1.29 is 18.7 Å². The summed E-state index contributed by atoms with van der Waals surface area (Å²) in [6, 6.07) is 13.8. The summed E-state index contributed by atoms with van der Waals surface area (Å²) in [4.78, 5) is 38.8. The van der Waals surface area contributed by atoms with Crippen molar-refractivity contribution in [3.63, 3.8) is 0 Å². The lowest BCUT2D eigenvalue weighted by Crippen LogP contribution is -2.48. The van der Waals surface area contributed by atoms with Crippen molar-refractivity contribution in [3.05, 3.63) is 64.0 Å². The van der Waals surface area contributed by atoms with Crippen LogP contribution in [0.5, 0.6) is 5.75 Å². The van der Waals surface area contributed by atoms with Gasteiger partial charge in [-0.05, 0) is 38.0 Å². The predicted octanol–water partition coefficient (Wildman–Crippen LogP) is 3.87. The SMILES string of the molecule is CNC(=O)C1CCCN(C(=O)C(C)Oc2ccc3c(-c4ccccc4Cl)cc(=O)oc3c2)C1. The van der Waals surface area contributed by atoms with Gasteiger partial charge in [-0.25, -0.2) is 4.79 Å². The van der Waals surface area contributed by atoms with Crippen LogP contribution in [0.15, 0.2) is 57.7 Å². The Morgan fingerprint density at radius 2 is 1.97 bits per heavy atom. The molecule has 0 aliphatic carbocycles. The zero-order chi connectivity index (χ0) is 23.5. The van der Waals surface area contributed by atoms with Gasteiger partial charge < -0.3 is 19.4 Å². The number of fused-ring (bicyclic) bond motifs is 1. The van der Waals surface area contributed by atoms with Crippen LogP contribution >= 0.6 is 11.6 Å². The van der Waals surface area contributed by atoms with Crippen LogP contribution in [-0.2, 0) is 9.59 Å². The highest BCUT2D eigenvalue weighted by Gasteiger charge is 2.30. The maximum absolute atomic E-state index is 12.9. The van der Waals surface area contributed by atoms with E-state index in [1.165, 1.54) is 6.07 Å². The summed E-state index contributed by atoms with van der Waals surface area (Å²) in [6.45, 7) is 2.64. The smallest absolute Gasteiger partial charge is 0.336 e. The Labute approximate surface area is 196 Å². The Morgan fingerprint density at radius 3 is 2.73 bits per heavy atom. The van der Waals surface area contributed by atoms with E-state index < -0.39 is 11.7 Å². The molecule has 1 aromatic heterocycles. The number of piperidine rings is 1. The highest BCUT2D eigenvalue weighted by atomic mass is 35.5. The van der Waals surface area contributed by atoms with Crippen LogP contribution in [0, 0.1) is 5.92 Å². The van der Waals surface area contributed by atoms with Crippen LogP contribution in [0.1, 0.15) is 19.8 Å². The molecule has 0 bridgehead atoms. The molecule has 0 saturated carbocycles. The van der Waals surface area contributed by atoms with E-state index in [1.807, 2.05) is 18.2 Å². The first kappa shape index (κ1) is 22.9. The number of nitrogens with zero attached hydrogens (tertiary/aromatic N) is 1. The third kappa shape index (κ3) is 4.88. The van der Waals surface area contributed by atoms with Crippen LogP contribution in [-0.4, -0.2) is 43.0 Å². The van der Waals surface area contributed by atoms with Crippen molar-refractivity contribution in [2.24, 2.45) is 5.92 Å². The molecule has 7 nitrogen and oxygen atoms in total. The van der Waals surface area contributed by atoms with Crippen molar-refractivity contribution in [2.45, 2.75) is 25.9 Å². The van der Waals surface area contributed by atoms with E-state index in [9.17, 15) is 14.4 Å². The van der Waals surface area contributed by atoms with Gasteiger partial charge in [0.05, 0.1) is 5.92 Å². The standard InChI is InChI=1S/C25H25ClN2O5/c1-15(25(31)28-11-5-6-16(14-28)24(30)27-2)32-17-9-10-19-20(13-23(29)33-22(19)12-17)18-7-3-4-8-21(18)26/h3-4,7-10,12-13,15-16H,5-6,11,14H2,1-2H3,(H,27,30). The summed E-state index contributed by atoms with van der Waals surface area (Å²) in [7, 11) is 1.60. The Kier molecular flexibility index (Phi) is 6.70. The number of halogens is 1. The summed E-state index contributed by atoms with van der Waals surface area (Å²) in [5.41, 5.74) is 1.22. The number of rotatable bonds is 5. The minimum absolute atomic E-state index is 0.0556. The molecule has 3 aromatic rings. The van der Waals surface area contributed by atoms with Gasteiger partial charge in [-0.1, -0.05) is 29.8 Å². The second-order valence-corrected chi connectivity index (χ2v) is 8.52. The molecule has 2 amide bonds. The van der Waals surface area contributed by atoms with E-state index in [1.54, 1.807) is 43.1 Å². The van der Waals surface area contributed by atoms with Gasteiger partial charge in [0.15, 0.2) is 6.10 Å². The minimum atomic E-state index is -0.760. The van der Waals surface area contributed by atoms with Gasteiger partial charge in [-0.2, -0.15) is 0 Å². The molecular weight excluding hydrogens is 444 g/mol. The second-order valence-electron chi connectivity index (χ2n) is 8.11. The zero-order valence-electron chi connectivity index (χ0n) is 18.5. The fourth-order valence-electron chi connectivity index (χ4n) is 4.23. The molecule has 2 atom stereocenters. The molecule has 1 N–H and O–H groups in total. The normalized spacial score (nSPS) is 16.9. The summed E-state index contributed by atoms with van der Waals surface area (Å²) in [5, 5.41) is 3.89. The van der Waals surface area contributed by atoms with Crippen molar-refractivity contribution in [2.75, 3.05) is 20.1 Å². The van der Waals surface area contributed by atoms with Gasteiger partial charge in [0.25, 0.3) is 5.91 Å².